The molecular formula is C25H24F3N3O5. The molecule has 1 amide bonds. The maximum Gasteiger partial charge on any atom is 0.417 e. The van der Waals surface area contributed by atoms with Crippen LogP contribution in [0.3, 0.4) is 0 Å². The quantitative estimate of drug-likeness (QED) is 0.492. The number of anilines is 1. The number of carbonyl (C=O) groups excluding carboxylic acids is 2. The third-order valence-electron chi connectivity index (χ3n) is 5.95. The number of aromatic nitrogens is 1. The number of benzene rings is 2. The monoisotopic (exact) mass is 503 g/mol. The second kappa shape index (κ2) is 9.30. The zero-order valence-corrected chi connectivity index (χ0v) is 19.7. The van der Waals surface area contributed by atoms with Crippen LogP contribution in [-0.4, -0.2) is 48.9 Å². The van der Waals surface area contributed by atoms with Gasteiger partial charge >= 0.3 is 18.2 Å². The van der Waals surface area contributed by atoms with Crippen LogP contribution in [-0.2, 0) is 20.4 Å². The molecule has 36 heavy (non-hydrogen) atoms. The Balaban J connectivity index is 1.64. The van der Waals surface area contributed by atoms with Crippen LogP contribution in [0.25, 0.3) is 22.0 Å². The zero-order chi connectivity index (χ0) is 26.3. The molecule has 8 nitrogen and oxygen atoms in total. The number of H-pyrrole nitrogens is 1. The molecule has 0 radical (unpaired) electrons. The van der Waals surface area contributed by atoms with Crippen LogP contribution in [0.5, 0.6) is 0 Å². The molecule has 0 aliphatic carbocycles. The van der Waals surface area contributed by atoms with E-state index >= 15 is 0 Å². The number of alkyl halides is 3. The largest absolute Gasteiger partial charge is 0.455 e. The summed E-state index contributed by atoms with van der Waals surface area (Å²) in [5, 5.41) is 3.28. The van der Waals surface area contributed by atoms with E-state index < -0.39 is 41.1 Å². The van der Waals surface area contributed by atoms with Crippen molar-refractivity contribution in [3.63, 3.8) is 0 Å². The van der Waals surface area contributed by atoms with Crippen molar-refractivity contribution >= 4 is 28.5 Å². The number of hydrogen-bond donors (Lipinski definition) is 2. The lowest BCUT2D eigenvalue weighted by molar-refractivity contribution is -0.163. The molecule has 0 spiro atoms. The summed E-state index contributed by atoms with van der Waals surface area (Å²) < 4.78 is 51.3. The highest BCUT2D eigenvalue weighted by molar-refractivity contribution is 5.95. The van der Waals surface area contributed by atoms with Crippen LogP contribution in [0.1, 0.15) is 19.4 Å². The summed E-state index contributed by atoms with van der Waals surface area (Å²) in [7, 11) is 1.60. The molecule has 2 aromatic carbocycles. The minimum Gasteiger partial charge on any atom is -0.455 e. The van der Waals surface area contributed by atoms with E-state index in [0.29, 0.717) is 11.1 Å². The fourth-order valence-corrected chi connectivity index (χ4v) is 4.10. The number of nitrogens with zero attached hydrogens (tertiary/aromatic N) is 1. The summed E-state index contributed by atoms with van der Waals surface area (Å²) in [5.74, 6) is -0.503. The van der Waals surface area contributed by atoms with Gasteiger partial charge in [-0.15, -0.1) is 0 Å². The molecule has 190 valence electrons. The normalized spacial score (nSPS) is 16.3. The number of fused-ring (bicyclic) bond motifs is 1. The van der Waals surface area contributed by atoms with Gasteiger partial charge in [0.2, 0.25) is 0 Å². The van der Waals surface area contributed by atoms with Crippen LogP contribution in [0.15, 0.2) is 53.3 Å². The van der Waals surface area contributed by atoms with Gasteiger partial charge in [0.15, 0.2) is 6.10 Å². The average Bonchev–Trinajstić information content (AvgIpc) is 3.21. The number of rotatable bonds is 6. The first-order valence-electron chi connectivity index (χ1n) is 11.1. The van der Waals surface area contributed by atoms with Crippen LogP contribution in [0.2, 0.25) is 0 Å². The lowest BCUT2D eigenvalue weighted by atomic mass is 10.0. The van der Waals surface area contributed by atoms with Gasteiger partial charge < -0.3 is 19.8 Å². The predicted octanol–water partition coefficient (Wildman–Crippen LogP) is 4.08. The molecule has 1 atom stereocenters. The predicted molar refractivity (Wildman–Crippen MR) is 127 cm³/mol. The standard InChI is InChI=1S/C25H24F3N3O5/c1-24(2,36-21(32)12-29-3)20-13-31(23(34)35-20)15-9-8-14-10-19(30-22(33)17(14)11-15)16-6-4-5-7-18(16)25(26,27)28/h4-11,20,29H,12-13H2,1-3H3,(H,30,33). The lowest BCUT2D eigenvalue weighted by Gasteiger charge is -2.29. The minimum atomic E-state index is -4.59. The van der Waals surface area contributed by atoms with Crippen molar-refractivity contribution in [2.75, 3.05) is 25.0 Å². The number of amides is 1. The number of carbonyl (C=O) groups is 2. The molecule has 1 aliphatic heterocycles. The maximum absolute atomic E-state index is 13.5. The van der Waals surface area contributed by atoms with Crippen molar-refractivity contribution in [3.05, 3.63) is 64.4 Å². The van der Waals surface area contributed by atoms with Crippen LogP contribution >= 0.6 is 0 Å². The zero-order valence-electron chi connectivity index (χ0n) is 19.7. The van der Waals surface area contributed by atoms with Crippen molar-refractivity contribution in [2.45, 2.75) is 31.7 Å². The molecule has 0 bridgehead atoms. The van der Waals surface area contributed by atoms with Gasteiger partial charge in [-0.25, -0.2) is 4.79 Å². The first-order valence-corrected chi connectivity index (χ1v) is 11.1. The molecule has 1 unspecified atom stereocenters. The van der Waals surface area contributed by atoms with E-state index in [9.17, 15) is 27.6 Å². The Morgan fingerprint density at radius 1 is 1.17 bits per heavy atom. The van der Waals surface area contributed by atoms with Gasteiger partial charge in [-0.2, -0.15) is 13.2 Å². The van der Waals surface area contributed by atoms with Gasteiger partial charge in [0, 0.05) is 22.3 Å². The van der Waals surface area contributed by atoms with E-state index in [-0.39, 0.29) is 29.7 Å². The smallest absolute Gasteiger partial charge is 0.417 e. The molecule has 1 fully saturated rings. The van der Waals surface area contributed by atoms with Crippen molar-refractivity contribution in [1.82, 2.24) is 10.3 Å². The minimum absolute atomic E-state index is 0.00328. The summed E-state index contributed by atoms with van der Waals surface area (Å²) in [4.78, 5) is 41.2. The van der Waals surface area contributed by atoms with Gasteiger partial charge in [0.25, 0.3) is 5.56 Å². The van der Waals surface area contributed by atoms with Crippen molar-refractivity contribution in [2.24, 2.45) is 0 Å². The lowest BCUT2D eigenvalue weighted by Crippen LogP contribution is -2.44. The maximum atomic E-state index is 13.5. The number of cyclic esters (lactones) is 1. The molecule has 0 saturated carbocycles. The van der Waals surface area contributed by atoms with Crippen molar-refractivity contribution in [3.8, 4) is 11.3 Å². The summed E-state index contributed by atoms with van der Waals surface area (Å²) in [6, 6.07) is 11.0. The molecule has 2 heterocycles. The average molecular weight is 503 g/mol. The van der Waals surface area contributed by atoms with E-state index in [1.807, 2.05) is 0 Å². The second-order valence-electron chi connectivity index (χ2n) is 8.92. The number of pyridine rings is 1. The highest BCUT2D eigenvalue weighted by Crippen LogP contribution is 2.37. The molecule has 3 aromatic rings. The molecule has 1 aromatic heterocycles. The number of nitrogens with one attached hydrogen (secondary N) is 2. The van der Waals surface area contributed by atoms with E-state index in [4.69, 9.17) is 9.47 Å². The van der Waals surface area contributed by atoms with Gasteiger partial charge in [-0.05, 0) is 50.5 Å². The summed E-state index contributed by atoms with van der Waals surface area (Å²) >= 11 is 0. The third-order valence-corrected chi connectivity index (χ3v) is 5.95. The molecule has 1 saturated heterocycles. The first kappa shape index (κ1) is 25.2. The van der Waals surface area contributed by atoms with Crippen molar-refractivity contribution < 1.29 is 32.2 Å². The van der Waals surface area contributed by atoms with E-state index in [1.54, 1.807) is 33.0 Å². The van der Waals surface area contributed by atoms with Crippen LogP contribution < -0.4 is 15.8 Å². The Hall–Kier alpha value is -3.86. The van der Waals surface area contributed by atoms with Crippen LogP contribution in [0.4, 0.5) is 23.7 Å². The van der Waals surface area contributed by atoms with Gasteiger partial charge in [-0.3, -0.25) is 14.5 Å². The fourth-order valence-electron chi connectivity index (χ4n) is 4.10. The van der Waals surface area contributed by atoms with E-state index in [1.165, 1.54) is 35.2 Å². The molecule has 4 rings (SSSR count). The summed E-state index contributed by atoms with van der Waals surface area (Å²) in [6.45, 7) is 3.33. The molecule has 1 aliphatic rings. The second-order valence-corrected chi connectivity index (χ2v) is 8.92. The summed E-state index contributed by atoms with van der Waals surface area (Å²) in [6.07, 6.45) is -6.03. The topological polar surface area (TPSA) is 101 Å². The van der Waals surface area contributed by atoms with E-state index in [0.717, 1.165) is 6.07 Å². The van der Waals surface area contributed by atoms with Gasteiger partial charge in [-0.1, -0.05) is 24.3 Å². The number of aromatic amines is 1. The van der Waals surface area contributed by atoms with Crippen LogP contribution in [0, 0.1) is 0 Å². The Morgan fingerprint density at radius 2 is 1.89 bits per heavy atom. The highest BCUT2D eigenvalue weighted by atomic mass is 19.4. The number of halogens is 3. The Bertz CT molecular complexity index is 1380. The number of ether oxygens (including phenoxy) is 2. The van der Waals surface area contributed by atoms with Gasteiger partial charge in [0.05, 0.1) is 18.7 Å². The number of esters is 1. The molecule has 11 heteroatoms. The highest BCUT2D eigenvalue weighted by Gasteiger charge is 2.44. The first-order chi connectivity index (χ1) is 16.9. The number of likely N-dealkylation sites (N-methyl/N-ethyl adjacent to an activating group) is 1. The SMILES string of the molecule is CNCC(=O)OC(C)(C)C1CN(c2ccc3cc(-c4ccccc4C(F)(F)F)[nH]c(=O)c3c2)C(=O)O1. The summed E-state index contributed by atoms with van der Waals surface area (Å²) in [5.41, 5.74) is -2.32. The Kier molecular flexibility index (Phi) is 6.52. The molecule has 2 N–H and O–H groups in total. The van der Waals surface area contributed by atoms with Crippen molar-refractivity contribution in [1.29, 1.82) is 0 Å². The third kappa shape index (κ3) is 4.92. The Labute approximate surface area is 204 Å². The van der Waals surface area contributed by atoms with E-state index in [2.05, 4.69) is 10.3 Å². The Morgan fingerprint density at radius 3 is 2.58 bits per heavy atom. The number of hydrogen-bond acceptors (Lipinski definition) is 6. The fraction of sp³-hybridized carbons (Fsp3) is 0.320. The van der Waals surface area contributed by atoms with Gasteiger partial charge in [0.1, 0.15) is 5.60 Å². The molecular weight excluding hydrogens is 479 g/mol.